The number of hydrogen-bond donors (Lipinski definition) is 1. The van der Waals surface area contributed by atoms with Crippen LogP contribution < -0.4 is 10.1 Å². The Morgan fingerprint density at radius 2 is 1.92 bits per heavy atom. The standard InChI is InChI=1S/C20H29N3OS.HI/c1-21-20(23(2)15-13-19-8-6-16-25-19)22-14-5-4-7-17-9-11-18(24-3)12-10-17;/h6,8-12,16H,4-5,7,13-15H2,1-3H3,(H,21,22);1H. The minimum Gasteiger partial charge on any atom is -0.497 e. The van der Waals surface area contributed by atoms with E-state index in [-0.39, 0.29) is 24.0 Å². The third-order valence-corrected chi connectivity index (χ3v) is 5.12. The van der Waals surface area contributed by atoms with Crippen molar-refractivity contribution in [3.05, 3.63) is 52.2 Å². The summed E-state index contributed by atoms with van der Waals surface area (Å²) in [5, 5.41) is 5.59. The van der Waals surface area contributed by atoms with Gasteiger partial charge in [0.05, 0.1) is 7.11 Å². The molecule has 144 valence electrons. The molecule has 0 bridgehead atoms. The van der Waals surface area contributed by atoms with Crippen LogP contribution in [0.3, 0.4) is 0 Å². The summed E-state index contributed by atoms with van der Waals surface area (Å²) in [6, 6.07) is 12.6. The number of thiophene rings is 1. The van der Waals surface area contributed by atoms with Gasteiger partial charge in [-0.05, 0) is 54.8 Å². The quantitative estimate of drug-likeness (QED) is 0.246. The molecule has 0 amide bonds. The van der Waals surface area contributed by atoms with Crippen LogP contribution >= 0.6 is 35.3 Å². The molecule has 0 aliphatic heterocycles. The maximum Gasteiger partial charge on any atom is 0.193 e. The Balaban J connectivity index is 0.00000338. The molecule has 1 N–H and O–H groups in total. The number of guanidine groups is 1. The number of likely N-dealkylation sites (N-methyl/N-ethyl adjacent to an activating group) is 1. The van der Waals surface area contributed by atoms with E-state index in [1.807, 2.05) is 30.5 Å². The van der Waals surface area contributed by atoms with E-state index in [1.165, 1.54) is 10.4 Å². The number of halogens is 1. The first-order valence-electron chi connectivity index (χ1n) is 8.80. The number of aryl methyl sites for hydroxylation is 1. The van der Waals surface area contributed by atoms with Crippen LogP contribution in [0.15, 0.2) is 46.8 Å². The summed E-state index contributed by atoms with van der Waals surface area (Å²) >= 11 is 1.81. The predicted molar refractivity (Wildman–Crippen MR) is 123 cm³/mol. The predicted octanol–water partition coefficient (Wildman–Crippen LogP) is 4.45. The molecule has 2 aromatic rings. The molecule has 1 aromatic heterocycles. The van der Waals surface area contributed by atoms with Crippen LogP contribution in [0.2, 0.25) is 0 Å². The minimum atomic E-state index is 0. The molecule has 1 heterocycles. The average Bonchev–Trinajstić information content (AvgIpc) is 3.17. The van der Waals surface area contributed by atoms with Gasteiger partial charge < -0.3 is 15.0 Å². The van der Waals surface area contributed by atoms with E-state index >= 15 is 0 Å². The smallest absolute Gasteiger partial charge is 0.193 e. The van der Waals surface area contributed by atoms with Gasteiger partial charge in [0.15, 0.2) is 5.96 Å². The Morgan fingerprint density at radius 1 is 1.15 bits per heavy atom. The SMILES string of the molecule is CN=C(NCCCCc1ccc(OC)cc1)N(C)CCc1cccs1.I. The van der Waals surface area contributed by atoms with Gasteiger partial charge in [0.2, 0.25) is 0 Å². The van der Waals surface area contributed by atoms with Crippen LogP contribution in [0, 0.1) is 0 Å². The molecule has 0 saturated carbocycles. The van der Waals surface area contributed by atoms with E-state index in [9.17, 15) is 0 Å². The van der Waals surface area contributed by atoms with Gasteiger partial charge in [0, 0.05) is 32.1 Å². The Hall–Kier alpha value is -1.28. The van der Waals surface area contributed by atoms with E-state index in [0.29, 0.717) is 0 Å². The zero-order valence-corrected chi connectivity index (χ0v) is 19.1. The van der Waals surface area contributed by atoms with Crippen molar-refractivity contribution in [1.82, 2.24) is 10.2 Å². The van der Waals surface area contributed by atoms with E-state index in [4.69, 9.17) is 4.74 Å². The summed E-state index contributed by atoms with van der Waals surface area (Å²) in [7, 11) is 5.65. The van der Waals surface area contributed by atoms with Crippen molar-refractivity contribution < 1.29 is 4.74 Å². The van der Waals surface area contributed by atoms with Crippen LogP contribution in [-0.4, -0.2) is 45.2 Å². The van der Waals surface area contributed by atoms with Crippen LogP contribution in [0.1, 0.15) is 23.3 Å². The number of benzene rings is 1. The minimum absolute atomic E-state index is 0. The fraction of sp³-hybridized carbons (Fsp3) is 0.450. The van der Waals surface area contributed by atoms with Crippen LogP contribution in [-0.2, 0) is 12.8 Å². The van der Waals surface area contributed by atoms with Crippen molar-refractivity contribution in [2.45, 2.75) is 25.7 Å². The van der Waals surface area contributed by atoms with Gasteiger partial charge >= 0.3 is 0 Å². The highest BCUT2D eigenvalue weighted by Gasteiger charge is 2.05. The van der Waals surface area contributed by atoms with Gasteiger partial charge in [-0.3, -0.25) is 4.99 Å². The molecule has 6 heteroatoms. The van der Waals surface area contributed by atoms with Gasteiger partial charge in [-0.25, -0.2) is 0 Å². The molecule has 2 rings (SSSR count). The molecule has 0 unspecified atom stereocenters. The first-order valence-corrected chi connectivity index (χ1v) is 9.68. The maximum atomic E-state index is 5.19. The second kappa shape index (κ2) is 13.0. The molecule has 0 saturated heterocycles. The molecule has 0 fully saturated rings. The Labute approximate surface area is 178 Å². The topological polar surface area (TPSA) is 36.9 Å². The summed E-state index contributed by atoms with van der Waals surface area (Å²) < 4.78 is 5.19. The molecule has 0 radical (unpaired) electrons. The normalized spacial score (nSPS) is 11.0. The summed E-state index contributed by atoms with van der Waals surface area (Å²) in [6.07, 6.45) is 4.45. The van der Waals surface area contributed by atoms with Gasteiger partial charge in [-0.2, -0.15) is 0 Å². The monoisotopic (exact) mass is 487 g/mol. The second-order valence-corrected chi connectivity index (χ2v) is 7.06. The molecule has 0 spiro atoms. The lowest BCUT2D eigenvalue weighted by Gasteiger charge is -2.21. The Kier molecular flexibility index (Phi) is 11.4. The number of ether oxygens (including phenoxy) is 1. The molecule has 26 heavy (non-hydrogen) atoms. The molecule has 0 aliphatic carbocycles. The van der Waals surface area contributed by atoms with E-state index in [2.05, 4.69) is 51.9 Å². The lowest BCUT2D eigenvalue weighted by atomic mass is 10.1. The zero-order valence-electron chi connectivity index (χ0n) is 15.9. The molecule has 0 atom stereocenters. The number of methoxy groups -OCH3 is 1. The summed E-state index contributed by atoms with van der Waals surface area (Å²) in [5.41, 5.74) is 1.36. The van der Waals surface area contributed by atoms with Gasteiger partial charge in [0.25, 0.3) is 0 Å². The number of hydrogen-bond acceptors (Lipinski definition) is 3. The van der Waals surface area contributed by atoms with Crippen molar-refractivity contribution in [3.63, 3.8) is 0 Å². The first-order chi connectivity index (χ1) is 12.2. The third-order valence-electron chi connectivity index (χ3n) is 4.18. The summed E-state index contributed by atoms with van der Waals surface area (Å²) in [5.74, 6) is 1.89. The third kappa shape index (κ3) is 7.95. The number of nitrogens with one attached hydrogen (secondary N) is 1. The molecular weight excluding hydrogens is 457 g/mol. The van der Waals surface area contributed by atoms with Gasteiger partial charge in [-0.1, -0.05) is 18.2 Å². The van der Waals surface area contributed by atoms with Gasteiger partial charge in [0.1, 0.15) is 5.75 Å². The largest absolute Gasteiger partial charge is 0.497 e. The Morgan fingerprint density at radius 3 is 2.54 bits per heavy atom. The molecule has 4 nitrogen and oxygen atoms in total. The van der Waals surface area contributed by atoms with Crippen molar-refractivity contribution in [2.24, 2.45) is 4.99 Å². The van der Waals surface area contributed by atoms with E-state index in [1.54, 1.807) is 7.11 Å². The van der Waals surface area contributed by atoms with Crippen molar-refractivity contribution in [3.8, 4) is 5.75 Å². The first kappa shape index (κ1) is 22.8. The number of aliphatic imine (C=N–C) groups is 1. The lowest BCUT2D eigenvalue weighted by molar-refractivity contribution is 0.414. The Bertz CT molecular complexity index is 629. The van der Waals surface area contributed by atoms with Crippen LogP contribution in [0.25, 0.3) is 0 Å². The highest BCUT2D eigenvalue weighted by atomic mass is 127. The summed E-state index contributed by atoms with van der Waals surface area (Å²) in [6.45, 7) is 1.93. The fourth-order valence-electron chi connectivity index (χ4n) is 2.67. The number of unbranched alkanes of at least 4 members (excludes halogenated alkanes) is 1. The van der Waals surface area contributed by atoms with Crippen molar-refractivity contribution in [2.75, 3.05) is 34.3 Å². The molecule has 0 aliphatic rings. The van der Waals surface area contributed by atoms with E-state index < -0.39 is 0 Å². The molecular formula is C20H30IN3OS. The highest BCUT2D eigenvalue weighted by Crippen LogP contribution is 2.13. The zero-order chi connectivity index (χ0) is 17.9. The van der Waals surface area contributed by atoms with Crippen LogP contribution in [0.4, 0.5) is 0 Å². The lowest BCUT2D eigenvalue weighted by Crippen LogP contribution is -2.40. The van der Waals surface area contributed by atoms with E-state index in [0.717, 1.165) is 50.5 Å². The highest BCUT2D eigenvalue weighted by molar-refractivity contribution is 14.0. The average molecular weight is 487 g/mol. The van der Waals surface area contributed by atoms with Crippen molar-refractivity contribution in [1.29, 1.82) is 0 Å². The number of nitrogens with zero attached hydrogens (tertiary/aromatic N) is 2. The summed E-state index contributed by atoms with van der Waals surface area (Å²) in [4.78, 5) is 8.00. The fourth-order valence-corrected chi connectivity index (χ4v) is 3.37. The van der Waals surface area contributed by atoms with Crippen molar-refractivity contribution >= 4 is 41.3 Å². The van der Waals surface area contributed by atoms with Gasteiger partial charge in [-0.15, -0.1) is 35.3 Å². The number of rotatable bonds is 9. The van der Waals surface area contributed by atoms with Crippen LogP contribution in [0.5, 0.6) is 5.75 Å². The maximum absolute atomic E-state index is 5.19. The molecule has 1 aromatic carbocycles. The second-order valence-electron chi connectivity index (χ2n) is 6.03.